The molecule has 0 radical (unpaired) electrons. The van der Waals surface area contributed by atoms with Crippen LogP contribution in [0.5, 0.6) is 0 Å². The summed E-state index contributed by atoms with van der Waals surface area (Å²) in [7, 11) is 1.75. The van der Waals surface area contributed by atoms with E-state index < -0.39 is 0 Å². The second-order valence-electron chi connectivity index (χ2n) is 5.08. The maximum atomic E-state index is 5.95. The number of aromatic nitrogens is 2. The summed E-state index contributed by atoms with van der Waals surface area (Å²) < 4.78 is 5.17. The van der Waals surface area contributed by atoms with Gasteiger partial charge in [-0.25, -0.2) is 9.97 Å². The molecule has 3 rings (SSSR count). The Kier molecular flexibility index (Phi) is 3.60. The van der Waals surface area contributed by atoms with Crippen molar-refractivity contribution in [3.05, 3.63) is 16.7 Å². The highest BCUT2D eigenvalue weighted by molar-refractivity contribution is 7.16. The van der Waals surface area contributed by atoms with Gasteiger partial charge in [-0.15, -0.1) is 11.3 Å². The van der Waals surface area contributed by atoms with Gasteiger partial charge in [0.15, 0.2) is 0 Å². The normalized spacial score (nSPS) is 16.7. The van der Waals surface area contributed by atoms with Crippen LogP contribution < -0.4 is 5.32 Å². The fourth-order valence-corrected chi connectivity index (χ4v) is 3.23. The average molecular weight is 298 g/mol. The number of ether oxygens (including phenoxy) is 1. The Labute approximate surface area is 121 Å². The molecule has 19 heavy (non-hydrogen) atoms. The van der Waals surface area contributed by atoms with E-state index >= 15 is 0 Å². The Balaban J connectivity index is 1.73. The summed E-state index contributed by atoms with van der Waals surface area (Å²) in [4.78, 5) is 9.46. The minimum Gasteiger partial charge on any atom is -0.385 e. The second-order valence-corrected chi connectivity index (χ2v) is 6.31. The number of hydrogen-bond donors (Lipinski definition) is 1. The van der Waals surface area contributed by atoms with Gasteiger partial charge in [0.2, 0.25) is 5.28 Å². The van der Waals surface area contributed by atoms with Crippen LogP contribution in [0.2, 0.25) is 5.28 Å². The van der Waals surface area contributed by atoms with Crippen LogP contribution in [0.25, 0.3) is 10.2 Å². The molecule has 6 heteroatoms. The van der Waals surface area contributed by atoms with Crippen LogP contribution in [0.1, 0.15) is 19.3 Å². The monoisotopic (exact) mass is 297 g/mol. The minimum absolute atomic E-state index is 0.305. The summed E-state index contributed by atoms with van der Waals surface area (Å²) >= 11 is 7.54. The van der Waals surface area contributed by atoms with Crippen LogP contribution in [0, 0.1) is 5.41 Å². The molecule has 0 unspecified atom stereocenters. The third-order valence-corrected chi connectivity index (χ3v) is 4.70. The van der Waals surface area contributed by atoms with E-state index in [1.165, 1.54) is 12.8 Å². The molecule has 0 aromatic carbocycles. The number of hydrogen-bond acceptors (Lipinski definition) is 5. The van der Waals surface area contributed by atoms with Gasteiger partial charge in [0.05, 0.1) is 5.39 Å². The van der Waals surface area contributed by atoms with E-state index in [9.17, 15) is 0 Å². The zero-order valence-corrected chi connectivity index (χ0v) is 12.4. The van der Waals surface area contributed by atoms with Crippen LogP contribution in [-0.2, 0) is 4.74 Å². The molecule has 0 amide bonds. The van der Waals surface area contributed by atoms with E-state index in [-0.39, 0.29) is 0 Å². The second kappa shape index (κ2) is 5.23. The first-order valence-electron chi connectivity index (χ1n) is 6.36. The van der Waals surface area contributed by atoms with Crippen molar-refractivity contribution in [2.75, 3.05) is 25.6 Å². The molecule has 1 fully saturated rings. The number of halogens is 1. The van der Waals surface area contributed by atoms with Crippen molar-refractivity contribution in [3.8, 4) is 0 Å². The largest absolute Gasteiger partial charge is 0.385 e. The Morgan fingerprint density at radius 3 is 3.05 bits per heavy atom. The molecule has 1 aliphatic rings. The van der Waals surface area contributed by atoms with Crippen molar-refractivity contribution < 1.29 is 4.74 Å². The Morgan fingerprint density at radius 1 is 1.47 bits per heavy atom. The van der Waals surface area contributed by atoms with Crippen molar-refractivity contribution in [2.45, 2.75) is 19.3 Å². The molecule has 1 aliphatic carbocycles. The molecule has 0 saturated heterocycles. The fraction of sp³-hybridized carbons (Fsp3) is 0.538. The van der Waals surface area contributed by atoms with Crippen LogP contribution in [0.3, 0.4) is 0 Å². The lowest BCUT2D eigenvalue weighted by Gasteiger charge is -2.16. The molecule has 102 valence electrons. The lowest BCUT2D eigenvalue weighted by molar-refractivity contribution is 0.175. The van der Waals surface area contributed by atoms with Gasteiger partial charge >= 0.3 is 0 Å². The van der Waals surface area contributed by atoms with Crippen molar-refractivity contribution in [2.24, 2.45) is 5.41 Å². The fourth-order valence-electron chi connectivity index (χ4n) is 2.25. The predicted molar refractivity (Wildman–Crippen MR) is 79.1 cm³/mol. The third kappa shape index (κ3) is 2.83. The summed E-state index contributed by atoms with van der Waals surface area (Å²) in [5, 5.41) is 6.81. The highest BCUT2D eigenvalue weighted by Gasteiger charge is 2.41. The Hall–Kier alpha value is -0.910. The molecule has 0 spiro atoms. The molecule has 0 bridgehead atoms. The molecule has 1 saturated carbocycles. The van der Waals surface area contributed by atoms with Crippen LogP contribution in [0.15, 0.2) is 11.4 Å². The number of methoxy groups -OCH3 is 1. The number of nitrogens with zero attached hydrogens (tertiary/aromatic N) is 2. The number of rotatable bonds is 6. The Morgan fingerprint density at radius 2 is 2.32 bits per heavy atom. The van der Waals surface area contributed by atoms with Gasteiger partial charge in [-0.2, -0.15) is 0 Å². The average Bonchev–Trinajstić information content (AvgIpc) is 3.02. The topological polar surface area (TPSA) is 47.0 Å². The molecule has 2 aromatic rings. The smallest absolute Gasteiger partial charge is 0.225 e. The summed E-state index contributed by atoms with van der Waals surface area (Å²) in [5.74, 6) is 0.847. The van der Waals surface area contributed by atoms with Crippen LogP contribution >= 0.6 is 22.9 Å². The summed E-state index contributed by atoms with van der Waals surface area (Å²) in [6, 6.07) is 2.04. The SMILES string of the molecule is COCCC1(CNc2nc(Cl)nc3sccc23)CC1. The standard InChI is InChI=1S/C13H16ClN3OS/c1-18-6-5-13(3-4-13)8-15-10-9-2-7-19-11(9)17-12(14)16-10/h2,7H,3-6,8H2,1H3,(H,15,16,17). The van der Waals surface area contributed by atoms with Gasteiger partial charge in [-0.05, 0) is 47.7 Å². The van der Waals surface area contributed by atoms with E-state index in [0.29, 0.717) is 10.7 Å². The molecular weight excluding hydrogens is 282 g/mol. The van der Waals surface area contributed by atoms with Crippen molar-refractivity contribution >= 4 is 39.0 Å². The molecule has 4 nitrogen and oxygen atoms in total. The van der Waals surface area contributed by atoms with E-state index in [1.807, 2.05) is 11.4 Å². The number of nitrogens with one attached hydrogen (secondary N) is 1. The third-order valence-electron chi connectivity index (χ3n) is 3.72. The summed E-state index contributed by atoms with van der Waals surface area (Å²) in [6.07, 6.45) is 3.62. The lowest BCUT2D eigenvalue weighted by atomic mass is 10.0. The van der Waals surface area contributed by atoms with Gasteiger partial charge in [-0.1, -0.05) is 0 Å². The van der Waals surface area contributed by atoms with E-state index in [2.05, 4.69) is 15.3 Å². The summed E-state index contributed by atoms with van der Waals surface area (Å²) in [6.45, 7) is 1.74. The maximum absolute atomic E-state index is 5.95. The van der Waals surface area contributed by atoms with Gasteiger partial charge in [0, 0.05) is 20.3 Å². The van der Waals surface area contributed by atoms with Crippen molar-refractivity contribution in [1.29, 1.82) is 0 Å². The number of thiophene rings is 1. The highest BCUT2D eigenvalue weighted by atomic mass is 35.5. The first-order chi connectivity index (χ1) is 9.22. The molecule has 2 aromatic heterocycles. The highest BCUT2D eigenvalue weighted by Crippen LogP contribution is 2.48. The molecule has 2 heterocycles. The molecule has 1 N–H and O–H groups in total. The molecule has 0 atom stereocenters. The van der Waals surface area contributed by atoms with Gasteiger partial charge in [-0.3, -0.25) is 0 Å². The zero-order valence-electron chi connectivity index (χ0n) is 10.8. The summed E-state index contributed by atoms with van der Waals surface area (Å²) in [5.41, 5.74) is 0.385. The van der Waals surface area contributed by atoms with Crippen molar-refractivity contribution in [1.82, 2.24) is 9.97 Å². The zero-order chi connectivity index (χ0) is 13.3. The molecular formula is C13H16ClN3OS. The maximum Gasteiger partial charge on any atom is 0.225 e. The van der Waals surface area contributed by atoms with Gasteiger partial charge in [0.1, 0.15) is 10.6 Å². The minimum atomic E-state index is 0.305. The van der Waals surface area contributed by atoms with Crippen molar-refractivity contribution in [3.63, 3.8) is 0 Å². The van der Waals surface area contributed by atoms with Gasteiger partial charge < -0.3 is 10.1 Å². The quantitative estimate of drug-likeness (QED) is 0.828. The lowest BCUT2D eigenvalue weighted by Crippen LogP contribution is -2.18. The predicted octanol–water partition coefficient (Wildman–Crippen LogP) is 3.57. The molecule has 0 aliphatic heterocycles. The Bertz CT molecular complexity index is 582. The van der Waals surface area contributed by atoms with Crippen LogP contribution in [0.4, 0.5) is 5.82 Å². The van der Waals surface area contributed by atoms with E-state index in [1.54, 1.807) is 18.4 Å². The number of anilines is 1. The van der Waals surface area contributed by atoms with Crippen LogP contribution in [-0.4, -0.2) is 30.2 Å². The first-order valence-corrected chi connectivity index (χ1v) is 7.62. The first kappa shape index (κ1) is 13.1. The number of fused-ring (bicyclic) bond motifs is 1. The van der Waals surface area contributed by atoms with Gasteiger partial charge in [0.25, 0.3) is 0 Å². The van der Waals surface area contributed by atoms with E-state index in [0.717, 1.165) is 35.6 Å². The van der Waals surface area contributed by atoms with E-state index in [4.69, 9.17) is 16.3 Å².